The summed E-state index contributed by atoms with van der Waals surface area (Å²) in [4.78, 5) is 6.65. The molecule has 0 spiro atoms. The Hall–Kier alpha value is -1.92. The maximum absolute atomic E-state index is 5.60. The Morgan fingerprint density at radius 1 is 1.24 bits per heavy atom. The van der Waals surface area contributed by atoms with Crippen LogP contribution in [0.4, 0.5) is 10.9 Å². The van der Waals surface area contributed by atoms with Crippen LogP contribution in [0.2, 0.25) is 0 Å². The first-order valence-electron chi connectivity index (χ1n) is 8.73. The molecule has 0 unspecified atom stereocenters. The number of hydrogen-bond donors (Lipinski definition) is 2. The Kier molecular flexibility index (Phi) is 7.40. The quantitative estimate of drug-likeness (QED) is 0.518. The average molecular weight is 360 g/mol. The van der Waals surface area contributed by atoms with E-state index < -0.39 is 0 Å². The number of anilines is 2. The molecule has 0 amide bonds. The topological polar surface area (TPSA) is 66.5 Å². The third-order valence-electron chi connectivity index (χ3n) is 3.50. The maximum atomic E-state index is 5.60. The van der Waals surface area contributed by atoms with Crippen LogP contribution in [0.3, 0.4) is 0 Å². The highest BCUT2D eigenvalue weighted by Crippen LogP contribution is 2.16. The number of aromatic nitrogens is 1. The molecule has 3 N–H and O–H groups in total. The molecule has 1 aromatic carbocycles. The number of benzene rings is 1. The van der Waals surface area contributed by atoms with Gasteiger partial charge in [0.2, 0.25) is 5.13 Å². The number of thiazole rings is 1. The Bertz CT molecular complexity index is 668. The number of hydrazone groups is 1. The van der Waals surface area contributed by atoms with Crippen molar-refractivity contribution in [3.8, 4) is 0 Å². The van der Waals surface area contributed by atoms with Crippen molar-refractivity contribution < 1.29 is 0 Å². The molecule has 1 aromatic heterocycles. The standard InChI is InChI=1S/C19H29N5S/c1-14(2)10-24(11-15(3)4)12-17-7-5-6-16(8-17)9-21-23-19-22-18(20)13-25-19/h5-9,13-15H,10-12,20H2,1-4H3,(H,22,23). The summed E-state index contributed by atoms with van der Waals surface area (Å²) < 4.78 is 0. The van der Waals surface area contributed by atoms with E-state index in [-0.39, 0.29) is 0 Å². The molecule has 0 fully saturated rings. The van der Waals surface area contributed by atoms with Gasteiger partial charge in [0.25, 0.3) is 0 Å². The third-order valence-corrected chi connectivity index (χ3v) is 4.26. The molecule has 0 atom stereocenters. The van der Waals surface area contributed by atoms with Gasteiger partial charge in [-0.25, -0.2) is 4.98 Å². The monoisotopic (exact) mass is 359 g/mol. The van der Waals surface area contributed by atoms with E-state index in [1.165, 1.54) is 16.9 Å². The summed E-state index contributed by atoms with van der Waals surface area (Å²) in [5, 5.41) is 6.73. The normalized spacial score (nSPS) is 12.0. The van der Waals surface area contributed by atoms with E-state index in [9.17, 15) is 0 Å². The maximum Gasteiger partial charge on any atom is 0.205 e. The summed E-state index contributed by atoms with van der Waals surface area (Å²) in [6.07, 6.45) is 1.82. The van der Waals surface area contributed by atoms with Crippen molar-refractivity contribution in [1.82, 2.24) is 9.88 Å². The Morgan fingerprint density at radius 3 is 2.56 bits per heavy atom. The van der Waals surface area contributed by atoms with Gasteiger partial charge in [-0.3, -0.25) is 10.3 Å². The van der Waals surface area contributed by atoms with E-state index in [0.717, 1.165) is 25.2 Å². The third kappa shape index (κ3) is 7.23. The first kappa shape index (κ1) is 19.4. The molecule has 2 aromatic rings. The summed E-state index contributed by atoms with van der Waals surface area (Å²) in [7, 11) is 0. The van der Waals surface area contributed by atoms with Gasteiger partial charge in [-0.05, 0) is 29.0 Å². The van der Waals surface area contributed by atoms with Crippen LogP contribution in [0.15, 0.2) is 34.7 Å². The van der Waals surface area contributed by atoms with Crippen LogP contribution in [0.5, 0.6) is 0 Å². The number of nitrogens with zero attached hydrogens (tertiary/aromatic N) is 3. The second-order valence-electron chi connectivity index (χ2n) is 7.17. The minimum atomic E-state index is 0.514. The molecule has 0 saturated heterocycles. The Labute approximate surface area is 155 Å². The van der Waals surface area contributed by atoms with E-state index in [1.807, 2.05) is 6.21 Å². The fraction of sp³-hybridized carbons (Fsp3) is 0.474. The molecule has 0 aliphatic carbocycles. The van der Waals surface area contributed by atoms with Crippen molar-refractivity contribution >= 4 is 28.5 Å². The van der Waals surface area contributed by atoms with Crippen molar-refractivity contribution in [2.75, 3.05) is 24.2 Å². The fourth-order valence-electron chi connectivity index (χ4n) is 2.77. The Morgan fingerprint density at radius 2 is 1.96 bits per heavy atom. The van der Waals surface area contributed by atoms with E-state index in [2.05, 4.69) is 72.4 Å². The molecule has 0 aliphatic rings. The van der Waals surface area contributed by atoms with Gasteiger partial charge in [0, 0.05) is 25.0 Å². The van der Waals surface area contributed by atoms with Gasteiger partial charge < -0.3 is 5.73 Å². The van der Waals surface area contributed by atoms with Crippen LogP contribution in [-0.2, 0) is 6.54 Å². The van der Waals surface area contributed by atoms with Gasteiger partial charge in [-0.15, -0.1) is 11.3 Å². The Balaban J connectivity index is 1.98. The summed E-state index contributed by atoms with van der Waals surface area (Å²) in [5.74, 6) is 1.84. The second kappa shape index (κ2) is 9.53. The predicted octanol–water partition coefficient (Wildman–Crippen LogP) is 4.29. The number of hydrogen-bond acceptors (Lipinski definition) is 6. The number of nitrogens with one attached hydrogen (secondary N) is 1. The molecule has 0 radical (unpaired) electrons. The van der Waals surface area contributed by atoms with Crippen molar-refractivity contribution in [2.24, 2.45) is 16.9 Å². The van der Waals surface area contributed by atoms with Crippen LogP contribution >= 0.6 is 11.3 Å². The van der Waals surface area contributed by atoms with Gasteiger partial charge in [-0.2, -0.15) is 5.10 Å². The highest BCUT2D eigenvalue weighted by atomic mass is 32.1. The lowest BCUT2D eigenvalue weighted by Gasteiger charge is -2.26. The van der Waals surface area contributed by atoms with Gasteiger partial charge in [-0.1, -0.05) is 45.9 Å². The molecule has 0 saturated carbocycles. The van der Waals surface area contributed by atoms with Gasteiger partial charge >= 0.3 is 0 Å². The van der Waals surface area contributed by atoms with Crippen LogP contribution in [0, 0.1) is 11.8 Å². The number of nitrogens with two attached hydrogens (primary N) is 1. The zero-order valence-corrected chi connectivity index (χ0v) is 16.4. The SMILES string of the molecule is CC(C)CN(Cc1cccc(C=NNc2nc(N)cs2)c1)CC(C)C. The van der Waals surface area contributed by atoms with E-state index in [4.69, 9.17) is 5.73 Å². The average Bonchev–Trinajstić information content (AvgIpc) is 2.92. The highest BCUT2D eigenvalue weighted by Gasteiger charge is 2.10. The van der Waals surface area contributed by atoms with E-state index >= 15 is 0 Å². The summed E-state index contributed by atoms with van der Waals surface area (Å²) >= 11 is 1.44. The second-order valence-corrected chi connectivity index (χ2v) is 8.03. The smallest absolute Gasteiger partial charge is 0.205 e. The van der Waals surface area contributed by atoms with Crippen LogP contribution in [-0.4, -0.2) is 29.2 Å². The number of nitrogen functional groups attached to an aromatic ring is 1. The minimum Gasteiger partial charge on any atom is -0.383 e. The van der Waals surface area contributed by atoms with Crippen LogP contribution < -0.4 is 11.2 Å². The molecular weight excluding hydrogens is 330 g/mol. The predicted molar refractivity (Wildman–Crippen MR) is 109 cm³/mol. The lowest BCUT2D eigenvalue weighted by molar-refractivity contribution is 0.211. The van der Waals surface area contributed by atoms with Crippen molar-refractivity contribution in [3.63, 3.8) is 0 Å². The summed E-state index contributed by atoms with van der Waals surface area (Å²) in [6.45, 7) is 12.3. The van der Waals surface area contributed by atoms with Crippen LogP contribution in [0.1, 0.15) is 38.8 Å². The van der Waals surface area contributed by atoms with Gasteiger partial charge in [0.1, 0.15) is 5.82 Å². The first-order valence-corrected chi connectivity index (χ1v) is 9.61. The molecule has 0 aliphatic heterocycles. The number of rotatable bonds is 9. The first-order chi connectivity index (χ1) is 11.9. The van der Waals surface area contributed by atoms with Crippen molar-refractivity contribution in [2.45, 2.75) is 34.2 Å². The summed E-state index contributed by atoms with van der Waals surface area (Å²) in [6, 6.07) is 8.51. The fourth-order valence-corrected chi connectivity index (χ4v) is 3.31. The van der Waals surface area contributed by atoms with E-state index in [0.29, 0.717) is 22.8 Å². The molecule has 1 heterocycles. The molecule has 2 rings (SSSR count). The summed E-state index contributed by atoms with van der Waals surface area (Å²) in [5.41, 5.74) is 10.9. The molecule has 0 bridgehead atoms. The van der Waals surface area contributed by atoms with Crippen molar-refractivity contribution in [1.29, 1.82) is 0 Å². The largest absolute Gasteiger partial charge is 0.383 e. The van der Waals surface area contributed by atoms with Gasteiger partial charge in [0.15, 0.2) is 0 Å². The van der Waals surface area contributed by atoms with Gasteiger partial charge in [0.05, 0.1) is 6.21 Å². The highest BCUT2D eigenvalue weighted by molar-refractivity contribution is 7.14. The lowest BCUT2D eigenvalue weighted by atomic mass is 10.1. The molecule has 25 heavy (non-hydrogen) atoms. The van der Waals surface area contributed by atoms with Crippen molar-refractivity contribution in [3.05, 3.63) is 40.8 Å². The van der Waals surface area contributed by atoms with Crippen LogP contribution in [0.25, 0.3) is 0 Å². The lowest BCUT2D eigenvalue weighted by Crippen LogP contribution is -2.30. The molecule has 136 valence electrons. The molecular formula is C19H29N5S. The minimum absolute atomic E-state index is 0.514. The zero-order chi connectivity index (χ0) is 18.2. The molecule has 5 nitrogen and oxygen atoms in total. The molecule has 6 heteroatoms. The van der Waals surface area contributed by atoms with E-state index in [1.54, 1.807) is 5.38 Å². The zero-order valence-electron chi connectivity index (χ0n) is 15.6.